The van der Waals surface area contributed by atoms with Crippen molar-refractivity contribution < 1.29 is 14.3 Å². The zero-order chi connectivity index (χ0) is 22.4. The summed E-state index contributed by atoms with van der Waals surface area (Å²) in [4.78, 5) is 25.5. The first-order valence-corrected chi connectivity index (χ1v) is 10.4. The molecular weight excluding hydrogens is 392 g/mol. The summed E-state index contributed by atoms with van der Waals surface area (Å²) < 4.78 is 7.08. The van der Waals surface area contributed by atoms with Gasteiger partial charge in [0.05, 0.1) is 12.7 Å². The van der Waals surface area contributed by atoms with Gasteiger partial charge in [-0.25, -0.2) is 0 Å². The van der Waals surface area contributed by atoms with Crippen molar-refractivity contribution in [2.75, 3.05) is 20.2 Å². The molecular formula is C24H28N4O3. The smallest absolute Gasteiger partial charge is 0.253 e. The van der Waals surface area contributed by atoms with Gasteiger partial charge in [0.25, 0.3) is 5.91 Å². The fourth-order valence-corrected chi connectivity index (χ4v) is 3.70. The molecule has 3 rings (SSSR count). The summed E-state index contributed by atoms with van der Waals surface area (Å²) >= 11 is 0. The third kappa shape index (κ3) is 5.54. The predicted molar refractivity (Wildman–Crippen MR) is 119 cm³/mol. The normalized spacial score (nSPS) is 13.9. The van der Waals surface area contributed by atoms with E-state index in [9.17, 15) is 9.59 Å². The molecule has 1 saturated heterocycles. The van der Waals surface area contributed by atoms with Gasteiger partial charge < -0.3 is 15.4 Å². The van der Waals surface area contributed by atoms with Crippen molar-refractivity contribution >= 4 is 11.8 Å². The van der Waals surface area contributed by atoms with Crippen LogP contribution in [0.4, 0.5) is 0 Å². The minimum Gasteiger partial charge on any atom is -0.497 e. The van der Waals surface area contributed by atoms with Crippen LogP contribution < -0.4 is 10.5 Å². The minimum atomic E-state index is -0.554. The Labute approximate surface area is 182 Å². The highest BCUT2D eigenvalue weighted by atomic mass is 16.5. The number of amides is 2. The standard InChI is InChI=1S/C24H28N4O3/c1-4-17-12-19(14-20(13-17)31-3)6-7-22-21(24(25)30)16-28(26-22)15-18-8-10-27(11-9-18)23(29)5-2/h5,12-14,16,18H,2,4,8-11,15H2,1,3H3,(H2,25,30). The summed E-state index contributed by atoms with van der Waals surface area (Å²) in [5.41, 5.74) is 8.14. The molecule has 0 radical (unpaired) electrons. The van der Waals surface area contributed by atoms with E-state index >= 15 is 0 Å². The predicted octanol–water partition coefficient (Wildman–Crippen LogP) is 2.38. The lowest BCUT2D eigenvalue weighted by molar-refractivity contribution is -0.127. The maximum absolute atomic E-state index is 11.9. The van der Waals surface area contributed by atoms with E-state index in [1.165, 1.54) is 6.08 Å². The molecule has 7 nitrogen and oxygen atoms in total. The van der Waals surface area contributed by atoms with Crippen molar-refractivity contribution in [2.24, 2.45) is 11.7 Å². The third-order valence-corrected chi connectivity index (χ3v) is 5.51. The van der Waals surface area contributed by atoms with Crippen LogP contribution in [0.15, 0.2) is 37.1 Å². The summed E-state index contributed by atoms with van der Waals surface area (Å²) in [6.45, 7) is 7.65. The van der Waals surface area contributed by atoms with E-state index in [0.717, 1.165) is 36.1 Å². The zero-order valence-corrected chi connectivity index (χ0v) is 18.1. The number of aryl methyl sites for hydroxylation is 1. The van der Waals surface area contributed by atoms with Crippen LogP contribution in [0, 0.1) is 17.8 Å². The van der Waals surface area contributed by atoms with Gasteiger partial charge in [-0.05, 0) is 60.9 Å². The molecule has 1 aliphatic heterocycles. The van der Waals surface area contributed by atoms with Crippen LogP contribution in [0.3, 0.4) is 0 Å². The Bertz CT molecular complexity index is 1010. The monoisotopic (exact) mass is 420 g/mol. The van der Waals surface area contributed by atoms with E-state index < -0.39 is 5.91 Å². The second-order valence-electron chi connectivity index (χ2n) is 7.62. The molecule has 2 heterocycles. The lowest BCUT2D eigenvalue weighted by Crippen LogP contribution is -2.38. The Kier molecular flexibility index (Phi) is 7.14. The number of carbonyl (C=O) groups is 2. The summed E-state index contributed by atoms with van der Waals surface area (Å²) in [6, 6.07) is 5.82. The largest absolute Gasteiger partial charge is 0.497 e. The zero-order valence-electron chi connectivity index (χ0n) is 18.1. The first-order chi connectivity index (χ1) is 14.9. The number of rotatable bonds is 6. The van der Waals surface area contributed by atoms with Crippen molar-refractivity contribution in [2.45, 2.75) is 32.7 Å². The van der Waals surface area contributed by atoms with Gasteiger partial charge in [-0.3, -0.25) is 14.3 Å². The van der Waals surface area contributed by atoms with E-state index in [-0.39, 0.29) is 5.91 Å². The molecule has 1 aromatic carbocycles. The molecule has 162 valence electrons. The molecule has 0 atom stereocenters. The van der Waals surface area contributed by atoms with Crippen LogP contribution in [0.2, 0.25) is 0 Å². The minimum absolute atomic E-state index is 0.0325. The van der Waals surface area contributed by atoms with Crippen LogP contribution in [0.5, 0.6) is 5.75 Å². The van der Waals surface area contributed by atoms with E-state index in [0.29, 0.717) is 36.8 Å². The number of hydrogen-bond donors (Lipinski definition) is 1. The third-order valence-electron chi connectivity index (χ3n) is 5.51. The molecule has 1 fully saturated rings. The van der Waals surface area contributed by atoms with E-state index in [1.807, 2.05) is 18.2 Å². The molecule has 31 heavy (non-hydrogen) atoms. The number of nitrogens with zero attached hydrogens (tertiary/aromatic N) is 3. The van der Waals surface area contributed by atoms with E-state index in [2.05, 4.69) is 30.4 Å². The van der Waals surface area contributed by atoms with Gasteiger partial charge in [-0.15, -0.1) is 0 Å². The molecule has 2 aromatic rings. The summed E-state index contributed by atoms with van der Waals surface area (Å²) in [5.74, 6) is 6.60. The molecule has 0 saturated carbocycles. The first-order valence-electron chi connectivity index (χ1n) is 10.4. The Morgan fingerprint density at radius 3 is 2.65 bits per heavy atom. The number of piperidine rings is 1. The Morgan fingerprint density at radius 2 is 2.03 bits per heavy atom. The fourth-order valence-electron chi connectivity index (χ4n) is 3.70. The highest BCUT2D eigenvalue weighted by Gasteiger charge is 2.22. The van der Waals surface area contributed by atoms with Crippen LogP contribution >= 0.6 is 0 Å². The number of methoxy groups -OCH3 is 1. The topological polar surface area (TPSA) is 90.5 Å². The number of nitrogens with two attached hydrogens (primary N) is 1. The van der Waals surface area contributed by atoms with Gasteiger partial charge in [-0.1, -0.05) is 19.4 Å². The molecule has 7 heteroatoms. The van der Waals surface area contributed by atoms with Gasteiger partial charge in [0.15, 0.2) is 0 Å². The van der Waals surface area contributed by atoms with Gasteiger partial charge in [0.2, 0.25) is 5.91 Å². The van der Waals surface area contributed by atoms with Crippen LogP contribution in [0.25, 0.3) is 0 Å². The number of hydrogen-bond acceptors (Lipinski definition) is 4. The first kappa shape index (κ1) is 22.2. The van der Waals surface area contributed by atoms with Gasteiger partial charge in [0.1, 0.15) is 11.4 Å². The molecule has 0 unspecified atom stereocenters. The van der Waals surface area contributed by atoms with Crippen molar-refractivity contribution in [3.63, 3.8) is 0 Å². The molecule has 0 bridgehead atoms. The number of ether oxygens (including phenoxy) is 1. The highest BCUT2D eigenvalue weighted by molar-refractivity contribution is 5.94. The number of benzene rings is 1. The maximum atomic E-state index is 11.9. The molecule has 2 amide bonds. The van der Waals surface area contributed by atoms with Crippen molar-refractivity contribution in [1.82, 2.24) is 14.7 Å². The highest BCUT2D eigenvalue weighted by Crippen LogP contribution is 2.20. The second-order valence-corrected chi connectivity index (χ2v) is 7.62. The molecule has 0 spiro atoms. The Balaban J connectivity index is 1.77. The lowest BCUT2D eigenvalue weighted by Gasteiger charge is -2.31. The molecule has 2 N–H and O–H groups in total. The maximum Gasteiger partial charge on any atom is 0.253 e. The summed E-state index contributed by atoms with van der Waals surface area (Å²) in [7, 11) is 1.62. The van der Waals surface area contributed by atoms with Crippen LogP contribution in [0.1, 0.15) is 46.9 Å². The number of likely N-dealkylation sites (tertiary alicyclic amines) is 1. The van der Waals surface area contributed by atoms with Gasteiger partial charge in [-0.2, -0.15) is 5.10 Å². The summed E-state index contributed by atoms with van der Waals surface area (Å²) in [6.07, 6.45) is 5.62. The second kappa shape index (κ2) is 9.98. The van der Waals surface area contributed by atoms with Crippen molar-refractivity contribution in [1.29, 1.82) is 0 Å². The van der Waals surface area contributed by atoms with Crippen LogP contribution in [-0.2, 0) is 17.8 Å². The SMILES string of the molecule is C=CC(=O)N1CCC(Cn2cc(C(N)=O)c(C#Cc3cc(CC)cc(OC)c3)n2)CC1. The van der Waals surface area contributed by atoms with Gasteiger partial charge >= 0.3 is 0 Å². The molecule has 1 aliphatic rings. The Morgan fingerprint density at radius 1 is 1.29 bits per heavy atom. The number of primary amides is 1. The average Bonchev–Trinajstić information content (AvgIpc) is 3.20. The van der Waals surface area contributed by atoms with Crippen molar-refractivity contribution in [3.05, 3.63) is 59.4 Å². The number of carbonyl (C=O) groups excluding carboxylic acids is 2. The fraction of sp³-hybridized carbons (Fsp3) is 0.375. The van der Waals surface area contributed by atoms with E-state index in [4.69, 9.17) is 10.5 Å². The van der Waals surface area contributed by atoms with Crippen LogP contribution in [-0.4, -0.2) is 46.7 Å². The lowest BCUT2D eigenvalue weighted by atomic mass is 9.97. The molecule has 0 aliphatic carbocycles. The summed E-state index contributed by atoms with van der Waals surface area (Å²) in [5, 5.41) is 4.51. The average molecular weight is 421 g/mol. The van der Waals surface area contributed by atoms with Crippen molar-refractivity contribution in [3.8, 4) is 17.6 Å². The molecule has 1 aromatic heterocycles. The van der Waals surface area contributed by atoms with Gasteiger partial charge in [0, 0.05) is 31.4 Å². The number of aromatic nitrogens is 2. The Hall–Kier alpha value is -3.53. The van der Waals surface area contributed by atoms with E-state index in [1.54, 1.807) is 22.9 Å². The quantitative estimate of drug-likeness (QED) is 0.574.